The zero-order valence-electron chi connectivity index (χ0n) is 6.89. The van der Waals surface area contributed by atoms with Gasteiger partial charge in [0.05, 0.1) is 1.37 Å². The highest BCUT2D eigenvalue weighted by molar-refractivity contribution is 5.35. The van der Waals surface area contributed by atoms with E-state index in [-0.39, 0.29) is 0 Å². The Balaban J connectivity index is 0.000000371. The van der Waals surface area contributed by atoms with Crippen molar-refractivity contribution in [3.8, 4) is 0 Å². The summed E-state index contributed by atoms with van der Waals surface area (Å²) < 4.78 is 7.09. The Hall–Kier alpha value is -0.980. The maximum absolute atomic E-state index is 7.09. The molecule has 0 aliphatic carbocycles. The second-order valence-corrected chi connectivity index (χ2v) is 1.32. The molecular formula is C8H13N. The van der Waals surface area contributed by atoms with Gasteiger partial charge in [-0.15, -0.1) is 0 Å². The molecule has 0 unspecified atom stereocenters. The van der Waals surface area contributed by atoms with E-state index in [0.29, 0.717) is 11.7 Å². The smallest absolute Gasteiger partial charge is 0.0644 e. The second kappa shape index (κ2) is 5.16. The minimum absolute atomic E-state index is 0.396. The van der Waals surface area contributed by atoms with Crippen LogP contribution in [0.5, 0.6) is 0 Å². The standard InChI is InChI=1S/C6H7N.C2H6/c7-6-4-2-1-3-5-6;1-2/h1-5H,7H2;1-2H3/i4T;. The lowest BCUT2D eigenvalue weighted by molar-refractivity contribution is 1.50. The molecule has 0 fully saturated rings. The molecule has 1 aromatic carbocycles. The van der Waals surface area contributed by atoms with E-state index in [9.17, 15) is 0 Å². The first-order valence-corrected chi connectivity index (χ1v) is 3.12. The van der Waals surface area contributed by atoms with Gasteiger partial charge in [-0.25, -0.2) is 0 Å². The normalized spacial score (nSPS) is 8.89. The molecule has 0 saturated heterocycles. The Labute approximate surface area is 57.9 Å². The van der Waals surface area contributed by atoms with Crippen LogP contribution in [0.15, 0.2) is 30.3 Å². The summed E-state index contributed by atoms with van der Waals surface area (Å²) >= 11 is 0. The molecule has 0 saturated carbocycles. The fourth-order valence-electron chi connectivity index (χ4n) is 0.407. The summed E-state index contributed by atoms with van der Waals surface area (Å²) in [5.41, 5.74) is 5.87. The van der Waals surface area contributed by atoms with Crippen molar-refractivity contribution in [1.29, 1.82) is 0 Å². The number of hydrogen-bond donors (Lipinski definition) is 1. The van der Waals surface area contributed by atoms with Gasteiger partial charge in [0.15, 0.2) is 0 Å². The number of hydrogen-bond acceptors (Lipinski definition) is 1. The third-order valence-corrected chi connectivity index (χ3v) is 0.733. The third kappa shape index (κ3) is 3.59. The van der Waals surface area contributed by atoms with Crippen molar-refractivity contribution >= 4 is 5.69 Å². The quantitative estimate of drug-likeness (QED) is 0.529. The maximum Gasteiger partial charge on any atom is 0.0644 e. The number of benzene rings is 1. The molecule has 0 aliphatic rings. The van der Waals surface area contributed by atoms with Gasteiger partial charge in [-0.3, -0.25) is 0 Å². The zero-order valence-corrected chi connectivity index (χ0v) is 5.89. The highest BCUT2D eigenvalue weighted by Crippen LogP contribution is 1.95. The fourth-order valence-corrected chi connectivity index (χ4v) is 0.407. The molecule has 0 heterocycles. The van der Waals surface area contributed by atoms with Crippen molar-refractivity contribution in [1.82, 2.24) is 0 Å². The van der Waals surface area contributed by atoms with E-state index in [1.165, 1.54) is 0 Å². The van der Waals surface area contributed by atoms with E-state index in [0.717, 1.165) is 0 Å². The fraction of sp³-hybridized carbons (Fsp3) is 0.250. The van der Waals surface area contributed by atoms with E-state index in [4.69, 9.17) is 7.10 Å². The topological polar surface area (TPSA) is 26.0 Å². The molecule has 0 radical (unpaired) electrons. The predicted molar refractivity (Wildman–Crippen MR) is 42.2 cm³/mol. The Kier molecular flexibility index (Phi) is 3.52. The van der Waals surface area contributed by atoms with Crippen molar-refractivity contribution < 1.29 is 1.37 Å². The van der Waals surface area contributed by atoms with Crippen LogP contribution in [-0.2, 0) is 0 Å². The Morgan fingerprint density at radius 2 is 2.00 bits per heavy atom. The first-order valence-electron chi connectivity index (χ1n) is 3.62. The largest absolute Gasteiger partial charge is 0.399 e. The highest BCUT2D eigenvalue weighted by Gasteiger charge is 1.72. The van der Waals surface area contributed by atoms with Gasteiger partial charge in [0.25, 0.3) is 0 Å². The average Bonchev–Trinajstić information content (AvgIpc) is 2.00. The monoisotopic (exact) mass is 125 g/mol. The Morgan fingerprint density at radius 1 is 1.33 bits per heavy atom. The second-order valence-electron chi connectivity index (χ2n) is 1.32. The number of nitrogen functional groups attached to an aromatic ring is 1. The molecule has 1 nitrogen and oxygen atoms in total. The molecule has 0 atom stereocenters. The van der Waals surface area contributed by atoms with Gasteiger partial charge in [0.2, 0.25) is 0 Å². The molecular weight excluding hydrogens is 110 g/mol. The predicted octanol–water partition coefficient (Wildman–Crippen LogP) is 2.29. The van der Waals surface area contributed by atoms with Crippen molar-refractivity contribution in [3.63, 3.8) is 0 Å². The van der Waals surface area contributed by atoms with Gasteiger partial charge >= 0.3 is 0 Å². The van der Waals surface area contributed by atoms with E-state index >= 15 is 0 Å². The zero-order chi connectivity index (χ0) is 7.98. The molecule has 0 aliphatic heterocycles. The lowest BCUT2D eigenvalue weighted by atomic mass is 10.3. The molecule has 9 heavy (non-hydrogen) atoms. The van der Waals surface area contributed by atoms with Crippen LogP contribution in [0.1, 0.15) is 15.2 Å². The summed E-state index contributed by atoms with van der Waals surface area (Å²) in [6.45, 7) is 4.00. The maximum atomic E-state index is 7.09. The molecule has 1 heteroatoms. The van der Waals surface area contributed by atoms with Gasteiger partial charge in [0.1, 0.15) is 0 Å². The molecule has 0 amide bonds. The number of rotatable bonds is 0. The summed E-state index contributed by atoms with van der Waals surface area (Å²) in [4.78, 5) is 0. The lowest BCUT2D eigenvalue weighted by Crippen LogP contribution is -1.79. The van der Waals surface area contributed by atoms with Crippen LogP contribution < -0.4 is 5.73 Å². The van der Waals surface area contributed by atoms with Gasteiger partial charge in [-0.05, 0) is 12.1 Å². The van der Waals surface area contributed by atoms with Crippen LogP contribution in [0.4, 0.5) is 5.69 Å². The van der Waals surface area contributed by atoms with Gasteiger partial charge in [-0.2, -0.15) is 0 Å². The number of para-hydroxylation sites is 1. The van der Waals surface area contributed by atoms with Crippen LogP contribution in [0.3, 0.4) is 0 Å². The summed E-state index contributed by atoms with van der Waals surface area (Å²) in [6.07, 6.45) is 0. The third-order valence-electron chi connectivity index (χ3n) is 0.733. The van der Waals surface area contributed by atoms with Gasteiger partial charge in [0, 0.05) is 5.69 Å². The van der Waals surface area contributed by atoms with E-state index in [1.807, 2.05) is 19.9 Å². The summed E-state index contributed by atoms with van der Waals surface area (Å²) in [5.74, 6) is 0. The average molecular weight is 125 g/mol. The van der Waals surface area contributed by atoms with Crippen molar-refractivity contribution in [2.75, 3.05) is 5.73 Å². The van der Waals surface area contributed by atoms with Crippen molar-refractivity contribution in [3.05, 3.63) is 30.3 Å². The molecule has 1 rings (SSSR count). The lowest BCUT2D eigenvalue weighted by Gasteiger charge is -1.83. The molecule has 50 valence electrons. The summed E-state index contributed by atoms with van der Waals surface area (Å²) in [6, 6.07) is 7.37. The summed E-state index contributed by atoms with van der Waals surface area (Å²) in [7, 11) is 0. The SMILES string of the molecule is CC.[3H]c1ccccc1N. The van der Waals surface area contributed by atoms with Gasteiger partial charge < -0.3 is 5.73 Å². The van der Waals surface area contributed by atoms with Crippen LogP contribution in [-0.4, -0.2) is 0 Å². The Bertz CT molecular complexity index is 165. The minimum atomic E-state index is 0.396. The van der Waals surface area contributed by atoms with Crippen molar-refractivity contribution in [2.24, 2.45) is 0 Å². The van der Waals surface area contributed by atoms with Crippen LogP contribution >= 0.6 is 0 Å². The van der Waals surface area contributed by atoms with E-state index in [2.05, 4.69) is 0 Å². The molecule has 0 spiro atoms. The molecule has 2 N–H and O–H groups in total. The summed E-state index contributed by atoms with van der Waals surface area (Å²) in [5, 5.41) is 0. The molecule has 1 aromatic rings. The van der Waals surface area contributed by atoms with E-state index in [1.54, 1.807) is 18.2 Å². The highest BCUT2D eigenvalue weighted by atomic mass is 14.5. The van der Waals surface area contributed by atoms with Crippen LogP contribution in [0.25, 0.3) is 0 Å². The number of nitrogens with two attached hydrogens (primary N) is 1. The number of anilines is 1. The van der Waals surface area contributed by atoms with Gasteiger partial charge in [-0.1, -0.05) is 32.0 Å². The van der Waals surface area contributed by atoms with E-state index < -0.39 is 0 Å². The first kappa shape index (κ1) is 6.14. The Morgan fingerprint density at radius 3 is 2.33 bits per heavy atom. The van der Waals surface area contributed by atoms with Crippen LogP contribution in [0.2, 0.25) is 0 Å². The minimum Gasteiger partial charge on any atom is -0.399 e. The molecule has 0 bridgehead atoms. The van der Waals surface area contributed by atoms with Crippen LogP contribution in [0, 0.1) is 0 Å². The first-order chi connectivity index (χ1) is 4.80. The molecule has 0 aromatic heterocycles. The van der Waals surface area contributed by atoms with Crippen molar-refractivity contribution in [2.45, 2.75) is 13.8 Å².